The van der Waals surface area contributed by atoms with Crippen molar-refractivity contribution in [1.29, 1.82) is 0 Å². The zero-order valence-corrected chi connectivity index (χ0v) is 15.1. The summed E-state index contributed by atoms with van der Waals surface area (Å²) in [4.78, 5) is 0. The highest BCUT2D eigenvalue weighted by molar-refractivity contribution is 5.63. The van der Waals surface area contributed by atoms with Crippen molar-refractivity contribution in [1.82, 2.24) is 0 Å². The Kier molecular flexibility index (Phi) is 4.52. The van der Waals surface area contributed by atoms with E-state index in [-0.39, 0.29) is 24.2 Å². The molecule has 0 nitrogen and oxygen atoms in total. The van der Waals surface area contributed by atoms with Crippen LogP contribution in [0.3, 0.4) is 0 Å². The van der Waals surface area contributed by atoms with E-state index in [4.69, 9.17) is 5.48 Å². The quantitative estimate of drug-likeness (QED) is 0.527. The maximum absolute atomic E-state index is 8.23. The van der Waals surface area contributed by atoms with Crippen molar-refractivity contribution in [2.75, 3.05) is 0 Å². The van der Waals surface area contributed by atoms with Crippen molar-refractivity contribution in [2.24, 2.45) is 11.8 Å². The second kappa shape index (κ2) is 8.51. The summed E-state index contributed by atoms with van der Waals surface area (Å²) in [5.74, 6) is 1.80. The van der Waals surface area contributed by atoms with Crippen LogP contribution in [0.15, 0.2) is 48.4 Å². The van der Waals surface area contributed by atoms with Crippen molar-refractivity contribution < 1.29 is 5.48 Å². The Bertz CT molecular complexity index is 773. The monoisotopic (exact) mass is 324 g/mol. The standard InChI is InChI=1S/C24H32/c1-3-4-20-7-9-21(10-8-20)11-12-22-13-17-24(18-14-22)23-15-5-19(2)6-16-23/h5-6,13-18,20-21H,3-4,7-12H2,1-2H3/i5D,6D,15D,16D. The average Bonchev–Trinajstić information content (AvgIpc) is 2.71. The summed E-state index contributed by atoms with van der Waals surface area (Å²) < 4.78 is 32.6. The van der Waals surface area contributed by atoms with Gasteiger partial charge in [-0.2, -0.15) is 0 Å². The number of rotatable bonds is 6. The molecule has 1 aliphatic carbocycles. The lowest BCUT2D eigenvalue weighted by Crippen LogP contribution is -2.15. The molecule has 2 aromatic rings. The minimum Gasteiger partial charge on any atom is -0.0654 e. The number of aryl methyl sites for hydroxylation is 1. The summed E-state index contributed by atoms with van der Waals surface area (Å²) in [6.07, 6.45) is 10.6. The first-order chi connectivity index (χ1) is 13.4. The molecule has 0 bridgehead atoms. The van der Waals surface area contributed by atoms with E-state index in [1.807, 2.05) is 12.1 Å². The van der Waals surface area contributed by atoms with E-state index in [9.17, 15) is 0 Å². The van der Waals surface area contributed by atoms with Crippen molar-refractivity contribution in [3.63, 3.8) is 0 Å². The lowest BCUT2D eigenvalue weighted by molar-refractivity contribution is 0.252. The first-order valence-corrected chi connectivity index (χ1v) is 9.58. The molecule has 0 heterocycles. The van der Waals surface area contributed by atoms with Crippen LogP contribution in [0, 0.1) is 18.8 Å². The Labute approximate surface area is 153 Å². The number of benzene rings is 2. The third kappa shape index (κ3) is 4.72. The number of hydrogen-bond acceptors (Lipinski definition) is 0. The normalized spacial score (nSPS) is 23.2. The minimum absolute atomic E-state index is 0.0510. The molecule has 1 aliphatic rings. The Morgan fingerprint density at radius 2 is 1.42 bits per heavy atom. The molecule has 0 unspecified atom stereocenters. The van der Waals surface area contributed by atoms with E-state index in [2.05, 4.69) is 19.1 Å². The third-order valence-electron chi connectivity index (χ3n) is 5.50. The molecule has 0 aliphatic heterocycles. The zero-order valence-electron chi connectivity index (χ0n) is 19.1. The van der Waals surface area contributed by atoms with Crippen LogP contribution in [0.1, 0.15) is 68.5 Å². The van der Waals surface area contributed by atoms with Crippen LogP contribution in [-0.2, 0) is 6.42 Å². The van der Waals surface area contributed by atoms with Gasteiger partial charge in [0.15, 0.2) is 0 Å². The van der Waals surface area contributed by atoms with Crippen molar-refractivity contribution in [3.8, 4) is 11.1 Å². The summed E-state index contributed by atoms with van der Waals surface area (Å²) in [7, 11) is 0. The molecule has 0 aromatic heterocycles. The van der Waals surface area contributed by atoms with Gasteiger partial charge in [-0.3, -0.25) is 0 Å². The minimum atomic E-state index is 0.0510. The van der Waals surface area contributed by atoms with E-state index in [1.54, 1.807) is 6.92 Å². The van der Waals surface area contributed by atoms with Gasteiger partial charge in [-0.15, -0.1) is 0 Å². The largest absolute Gasteiger partial charge is 0.0654 e. The van der Waals surface area contributed by atoms with Gasteiger partial charge in [-0.1, -0.05) is 99.4 Å². The molecule has 0 radical (unpaired) electrons. The van der Waals surface area contributed by atoms with Crippen molar-refractivity contribution in [2.45, 2.75) is 65.2 Å². The van der Waals surface area contributed by atoms with E-state index < -0.39 is 0 Å². The van der Waals surface area contributed by atoms with E-state index in [0.717, 1.165) is 23.8 Å². The van der Waals surface area contributed by atoms with Crippen molar-refractivity contribution in [3.05, 3.63) is 59.6 Å². The van der Waals surface area contributed by atoms with Crippen LogP contribution < -0.4 is 0 Å². The Hall–Kier alpha value is -1.56. The second-order valence-electron chi connectivity index (χ2n) is 7.41. The molecule has 128 valence electrons. The highest BCUT2D eigenvalue weighted by Gasteiger charge is 2.20. The van der Waals surface area contributed by atoms with Crippen LogP contribution in [-0.4, -0.2) is 0 Å². The third-order valence-corrected chi connectivity index (χ3v) is 5.50. The smallest absolute Gasteiger partial charge is 0.0629 e. The molecule has 0 saturated heterocycles. The number of hydrogen-bond donors (Lipinski definition) is 0. The SMILES string of the molecule is [2H]c1c([2H])c(-c2ccc(CCC3CCC(CCC)CC3)cc2)c([2H])c([2H])c1C. The molecule has 2 aromatic carbocycles. The van der Waals surface area contributed by atoms with Gasteiger partial charge < -0.3 is 0 Å². The van der Waals surface area contributed by atoms with Gasteiger partial charge in [0.2, 0.25) is 0 Å². The zero-order chi connectivity index (χ0) is 20.3. The van der Waals surface area contributed by atoms with Gasteiger partial charge >= 0.3 is 0 Å². The van der Waals surface area contributed by atoms with Crippen LogP contribution >= 0.6 is 0 Å². The summed E-state index contributed by atoms with van der Waals surface area (Å²) in [5.41, 5.74) is 2.87. The average molecular weight is 325 g/mol. The van der Waals surface area contributed by atoms with Gasteiger partial charge in [0, 0.05) is 0 Å². The van der Waals surface area contributed by atoms with Gasteiger partial charge in [0.25, 0.3) is 0 Å². The van der Waals surface area contributed by atoms with E-state index in [0.29, 0.717) is 11.1 Å². The first-order valence-electron chi connectivity index (χ1n) is 11.6. The molecular weight excluding hydrogens is 288 g/mol. The summed E-state index contributed by atoms with van der Waals surface area (Å²) >= 11 is 0. The predicted octanol–water partition coefficient (Wildman–Crippen LogP) is 7.20. The van der Waals surface area contributed by atoms with Gasteiger partial charge in [0.1, 0.15) is 0 Å². The molecule has 0 spiro atoms. The second-order valence-corrected chi connectivity index (χ2v) is 7.41. The highest BCUT2D eigenvalue weighted by Crippen LogP contribution is 2.34. The fraction of sp³-hybridized carbons (Fsp3) is 0.500. The van der Waals surface area contributed by atoms with Crippen molar-refractivity contribution >= 4 is 0 Å². The van der Waals surface area contributed by atoms with Gasteiger partial charge in [-0.05, 0) is 48.3 Å². The Morgan fingerprint density at radius 1 is 0.833 bits per heavy atom. The molecule has 1 fully saturated rings. The Balaban J connectivity index is 1.65. The van der Waals surface area contributed by atoms with Crippen LogP contribution in [0.25, 0.3) is 11.1 Å². The lowest BCUT2D eigenvalue weighted by atomic mass is 9.78. The molecule has 0 heteroatoms. The Morgan fingerprint density at radius 3 is 2.00 bits per heavy atom. The molecule has 0 N–H and O–H groups in total. The lowest BCUT2D eigenvalue weighted by Gasteiger charge is -2.28. The molecule has 24 heavy (non-hydrogen) atoms. The molecule has 3 rings (SSSR count). The molecule has 0 atom stereocenters. The maximum atomic E-state index is 8.23. The molecule has 1 saturated carbocycles. The summed E-state index contributed by atoms with van der Waals surface area (Å²) in [5, 5.41) is 0. The topological polar surface area (TPSA) is 0 Å². The first kappa shape index (κ1) is 12.8. The van der Waals surface area contributed by atoms with E-state index >= 15 is 0 Å². The van der Waals surface area contributed by atoms with Gasteiger partial charge in [0.05, 0.1) is 5.48 Å². The maximum Gasteiger partial charge on any atom is 0.0629 e. The summed E-state index contributed by atoms with van der Waals surface area (Å²) in [6.45, 7) is 3.93. The van der Waals surface area contributed by atoms with E-state index in [1.165, 1.54) is 50.5 Å². The van der Waals surface area contributed by atoms with Gasteiger partial charge in [-0.25, -0.2) is 0 Å². The van der Waals surface area contributed by atoms with Crippen LogP contribution in [0.2, 0.25) is 0 Å². The fourth-order valence-corrected chi connectivity index (χ4v) is 3.95. The molecular formula is C24H32. The van der Waals surface area contributed by atoms with Crippen LogP contribution in [0.5, 0.6) is 0 Å². The van der Waals surface area contributed by atoms with Crippen LogP contribution in [0.4, 0.5) is 0 Å². The highest BCUT2D eigenvalue weighted by atomic mass is 14.3. The molecule has 0 amide bonds. The fourth-order valence-electron chi connectivity index (χ4n) is 3.95. The summed E-state index contributed by atoms with van der Waals surface area (Å²) in [6, 6.07) is 8.29. The predicted molar refractivity (Wildman–Crippen MR) is 105 cm³/mol.